The lowest BCUT2D eigenvalue weighted by Gasteiger charge is -2.27. The van der Waals surface area contributed by atoms with Crippen LogP contribution in [-0.4, -0.2) is 157 Å². The van der Waals surface area contributed by atoms with Crippen molar-refractivity contribution in [2.24, 2.45) is 0 Å². The molecule has 2 amide bonds. The largest absolute Gasteiger partial charge is 0.378 e. The highest BCUT2D eigenvalue weighted by molar-refractivity contribution is 7.89. The van der Waals surface area contributed by atoms with Crippen molar-refractivity contribution in [1.29, 1.82) is 0 Å². The van der Waals surface area contributed by atoms with Gasteiger partial charge in [0.2, 0.25) is 31.9 Å². The molecule has 5 heterocycles. The number of halogens is 4. The summed E-state index contributed by atoms with van der Waals surface area (Å²) in [6.07, 6.45) is -0.794. The van der Waals surface area contributed by atoms with E-state index in [1.165, 1.54) is 38.4 Å². The van der Waals surface area contributed by atoms with Crippen molar-refractivity contribution in [3.8, 4) is 22.5 Å². The Morgan fingerprint density at radius 3 is 1.79 bits per heavy atom. The first-order chi connectivity index (χ1) is 34.8. The number of H-pyrrole nitrogens is 2. The standard InChI is InChI=1S/C51H58F4N8O8S2/c1-59(72(66,67)38-9-11-46(62-20-15-50(52,53)33-62)40(30-38)44-28-36-5-3-4-6-42(36)57-44)18-13-48(64)56-17-24-71-32-35-7-8-37-29-45(58-43(37)27-35)41-31-39(10-12-47(41)63-21-16-51(54,55)34-63)73(68,69)60(2)19-14-49(65)61-22-25-70-26-23-61/h3-12,27-31,57-58H,13-26,32-34H2,1-2H3,(H,56,64). The van der Waals surface area contributed by atoms with Crippen molar-refractivity contribution in [2.75, 3.05) is 103 Å². The topological polar surface area (TPSA) is 181 Å². The fourth-order valence-corrected chi connectivity index (χ4v) is 11.9. The van der Waals surface area contributed by atoms with E-state index in [0.29, 0.717) is 65.7 Å². The van der Waals surface area contributed by atoms with Crippen LogP contribution in [-0.2, 0) is 45.7 Å². The van der Waals surface area contributed by atoms with Crippen LogP contribution < -0.4 is 15.1 Å². The Balaban J connectivity index is 0.802. The van der Waals surface area contributed by atoms with Crippen molar-refractivity contribution >= 4 is 65.0 Å². The molecule has 2 aromatic heterocycles. The number of carbonyl (C=O) groups is 2. The number of nitrogens with zero attached hydrogens (tertiary/aromatic N) is 5. The van der Waals surface area contributed by atoms with Gasteiger partial charge in [0.05, 0.1) is 49.3 Å². The second-order valence-electron chi connectivity index (χ2n) is 18.8. The van der Waals surface area contributed by atoms with E-state index in [1.54, 1.807) is 26.8 Å². The molecular weight excluding hydrogens is 993 g/mol. The Morgan fingerprint density at radius 1 is 0.685 bits per heavy atom. The van der Waals surface area contributed by atoms with Crippen molar-refractivity contribution in [3.05, 3.63) is 96.6 Å². The summed E-state index contributed by atoms with van der Waals surface area (Å²) in [5.41, 5.74) is 5.21. The molecule has 0 radical (unpaired) electrons. The number of para-hydroxylation sites is 1. The summed E-state index contributed by atoms with van der Waals surface area (Å²) in [6, 6.07) is 25.6. The molecule has 0 saturated carbocycles. The summed E-state index contributed by atoms with van der Waals surface area (Å²) >= 11 is 0. The second-order valence-corrected chi connectivity index (χ2v) is 22.9. The molecule has 16 nitrogen and oxygen atoms in total. The number of sulfonamides is 2. The molecule has 0 unspecified atom stereocenters. The molecule has 3 saturated heterocycles. The molecule has 22 heteroatoms. The number of hydrogen-bond acceptors (Lipinski definition) is 10. The first kappa shape index (κ1) is 51.8. The number of aromatic nitrogens is 2. The molecule has 9 rings (SSSR count). The van der Waals surface area contributed by atoms with E-state index in [9.17, 15) is 44.0 Å². The molecule has 0 aliphatic carbocycles. The summed E-state index contributed by atoms with van der Waals surface area (Å²) < 4.78 is 126. The summed E-state index contributed by atoms with van der Waals surface area (Å²) in [4.78, 5) is 37.0. The highest BCUT2D eigenvalue weighted by Gasteiger charge is 2.41. The molecule has 0 spiro atoms. The highest BCUT2D eigenvalue weighted by Crippen LogP contribution is 2.41. The Hall–Kier alpha value is -6.04. The molecule has 3 aliphatic heterocycles. The molecule has 73 heavy (non-hydrogen) atoms. The minimum Gasteiger partial charge on any atom is -0.378 e. The third kappa shape index (κ3) is 11.7. The van der Waals surface area contributed by atoms with Crippen LogP contribution in [0.3, 0.4) is 0 Å². The van der Waals surface area contributed by atoms with Crippen LogP contribution >= 0.6 is 0 Å². The van der Waals surface area contributed by atoms with Gasteiger partial charge < -0.3 is 39.5 Å². The number of aromatic amines is 2. The van der Waals surface area contributed by atoms with Crippen LogP contribution in [0.1, 0.15) is 31.2 Å². The fourth-order valence-electron chi connectivity index (χ4n) is 9.47. The van der Waals surface area contributed by atoms with Crippen molar-refractivity contribution in [1.82, 2.24) is 28.8 Å². The Labute approximate surface area is 421 Å². The second kappa shape index (κ2) is 21.1. The molecular formula is C51H58F4N8O8S2. The van der Waals surface area contributed by atoms with Crippen LogP contribution in [0, 0.1) is 0 Å². The zero-order valence-electron chi connectivity index (χ0n) is 40.5. The van der Waals surface area contributed by atoms with E-state index in [4.69, 9.17) is 9.47 Å². The normalized spacial score (nSPS) is 17.2. The lowest BCUT2D eigenvalue weighted by molar-refractivity contribution is -0.135. The van der Waals surface area contributed by atoms with Crippen LogP contribution in [0.2, 0.25) is 0 Å². The number of carbonyl (C=O) groups excluding carboxylic acids is 2. The number of rotatable bonds is 19. The van der Waals surface area contributed by atoms with Gasteiger partial charge in [0.15, 0.2) is 0 Å². The highest BCUT2D eigenvalue weighted by atomic mass is 32.2. The van der Waals surface area contributed by atoms with E-state index in [1.807, 2.05) is 54.6 Å². The Bertz CT molecular complexity index is 3200. The molecule has 4 aromatic carbocycles. The summed E-state index contributed by atoms with van der Waals surface area (Å²) in [5.74, 6) is -6.34. The number of hydrogen-bond donors (Lipinski definition) is 3. The van der Waals surface area contributed by atoms with Gasteiger partial charge in [-0.25, -0.2) is 43.0 Å². The number of ether oxygens (including phenoxy) is 2. The maximum Gasteiger partial charge on any atom is 0.266 e. The van der Waals surface area contributed by atoms with E-state index >= 15 is 0 Å². The maximum absolute atomic E-state index is 14.5. The quantitative estimate of drug-likeness (QED) is 0.0572. The van der Waals surface area contributed by atoms with E-state index in [0.717, 1.165) is 30.5 Å². The SMILES string of the molecule is CN(CCC(=O)NCCOCc1ccc2cc(-c3cc(S(=O)(=O)N(C)CCC(=O)N4CCOCC4)ccc3N3CCC(F)(F)C3)[nH]c2c1)S(=O)(=O)c1ccc(N2CCC(F)(F)C2)c(-c2cc3ccccc3[nH]2)c1. The van der Waals surface area contributed by atoms with Crippen LogP contribution in [0.4, 0.5) is 28.9 Å². The molecule has 0 atom stereocenters. The van der Waals surface area contributed by atoms with Gasteiger partial charge >= 0.3 is 0 Å². The molecule has 3 N–H and O–H groups in total. The summed E-state index contributed by atoms with van der Waals surface area (Å²) in [5, 5.41) is 4.42. The first-order valence-electron chi connectivity index (χ1n) is 24.1. The molecule has 3 aliphatic rings. The van der Waals surface area contributed by atoms with Gasteiger partial charge in [-0.15, -0.1) is 0 Å². The van der Waals surface area contributed by atoms with Crippen LogP contribution in [0.5, 0.6) is 0 Å². The molecule has 390 valence electrons. The van der Waals surface area contributed by atoms with Gasteiger partial charge in [-0.1, -0.05) is 30.3 Å². The van der Waals surface area contributed by atoms with Gasteiger partial charge in [-0.2, -0.15) is 0 Å². The number of amides is 2. The predicted molar refractivity (Wildman–Crippen MR) is 270 cm³/mol. The maximum atomic E-state index is 14.5. The number of alkyl halides is 4. The third-order valence-corrected chi connectivity index (χ3v) is 17.4. The molecule has 3 fully saturated rings. The number of anilines is 2. The number of benzene rings is 4. The van der Waals surface area contributed by atoms with Crippen molar-refractivity contribution in [2.45, 2.75) is 53.9 Å². The lowest BCUT2D eigenvalue weighted by Crippen LogP contribution is -2.42. The zero-order valence-corrected chi connectivity index (χ0v) is 42.1. The summed E-state index contributed by atoms with van der Waals surface area (Å²) in [6.45, 7) is 1.21. The first-order valence-corrected chi connectivity index (χ1v) is 27.0. The third-order valence-electron chi connectivity index (χ3n) is 13.7. The fraction of sp³-hybridized carbons (Fsp3) is 0.412. The monoisotopic (exact) mass is 1050 g/mol. The van der Waals surface area contributed by atoms with E-state index < -0.39 is 50.9 Å². The van der Waals surface area contributed by atoms with Crippen LogP contribution in [0.15, 0.2) is 101 Å². The number of morpholine rings is 1. The van der Waals surface area contributed by atoms with Crippen molar-refractivity contribution in [3.63, 3.8) is 0 Å². The minimum absolute atomic E-state index is 0.0110. The Morgan fingerprint density at radius 2 is 1.23 bits per heavy atom. The van der Waals surface area contributed by atoms with Gasteiger partial charge in [0, 0.05) is 141 Å². The predicted octanol–water partition coefficient (Wildman–Crippen LogP) is 6.89. The Kier molecular flexibility index (Phi) is 15.0. The van der Waals surface area contributed by atoms with Gasteiger partial charge in [0.1, 0.15) is 0 Å². The summed E-state index contributed by atoms with van der Waals surface area (Å²) in [7, 11) is -5.41. The van der Waals surface area contributed by atoms with E-state index in [2.05, 4.69) is 15.3 Å². The van der Waals surface area contributed by atoms with Crippen LogP contribution in [0.25, 0.3) is 44.3 Å². The molecule has 6 aromatic rings. The molecule has 0 bridgehead atoms. The zero-order chi connectivity index (χ0) is 51.7. The lowest BCUT2D eigenvalue weighted by atomic mass is 10.1. The van der Waals surface area contributed by atoms with Gasteiger partial charge in [-0.05, 0) is 66.2 Å². The van der Waals surface area contributed by atoms with Gasteiger partial charge in [0.25, 0.3) is 11.8 Å². The van der Waals surface area contributed by atoms with E-state index in [-0.39, 0.29) is 87.3 Å². The minimum atomic E-state index is -4.10. The smallest absolute Gasteiger partial charge is 0.266 e. The number of nitrogens with one attached hydrogen (secondary N) is 3. The van der Waals surface area contributed by atoms with Crippen molar-refractivity contribution < 1.29 is 53.5 Å². The average molecular weight is 1050 g/mol. The average Bonchev–Trinajstić information content (AvgIpc) is 4.18. The number of fused-ring (bicyclic) bond motifs is 2. The van der Waals surface area contributed by atoms with Gasteiger partial charge in [-0.3, -0.25) is 9.59 Å².